The molecule has 8 nitrogen and oxygen atoms in total. The minimum atomic E-state index is -0.434. The summed E-state index contributed by atoms with van der Waals surface area (Å²) in [6.07, 6.45) is 0. The van der Waals surface area contributed by atoms with Crippen molar-refractivity contribution in [3.8, 4) is 17.2 Å². The largest absolute Gasteiger partial charge is 0.324 e. The van der Waals surface area contributed by atoms with Crippen molar-refractivity contribution in [1.82, 2.24) is 19.7 Å². The van der Waals surface area contributed by atoms with Crippen LogP contribution in [0.1, 0.15) is 16.8 Å². The van der Waals surface area contributed by atoms with Gasteiger partial charge in [-0.05, 0) is 32.9 Å². The zero-order valence-corrected chi connectivity index (χ0v) is 17.4. The second-order valence-corrected chi connectivity index (χ2v) is 7.24. The van der Waals surface area contributed by atoms with Gasteiger partial charge in [0.25, 0.3) is 5.56 Å². The summed E-state index contributed by atoms with van der Waals surface area (Å²) in [5.74, 6) is 0.593. The smallest absolute Gasteiger partial charge is 0.308 e. The minimum absolute atomic E-state index is 0.223. The van der Waals surface area contributed by atoms with Crippen LogP contribution in [0, 0.1) is 20.8 Å². The Morgan fingerprint density at radius 3 is 2.35 bits per heavy atom. The van der Waals surface area contributed by atoms with Crippen LogP contribution in [-0.2, 0) is 0 Å². The highest BCUT2D eigenvalue weighted by Gasteiger charge is 2.16. The number of anilines is 2. The average Bonchev–Trinajstić information content (AvgIpc) is 3.17. The Labute approximate surface area is 179 Å². The van der Waals surface area contributed by atoms with Crippen LogP contribution in [0.4, 0.5) is 16.3 Å². The van der Waals surface area contributed by atoms with Crippen molar-refractivity contribution < 1.29 is 4.79 Å². The standard InChI is InChI=1S/C23H22N6O2/c1-14-9-11-18(12-10-14)25-23(31)26-20-13-19(17-7-5-4-6-8-17)28-29(20)22-24-16(3)15(2)21(30)27-22/h4-13H,1-3H3,(H,24,27,30)(H2,25,26,31). The zero-order valence-electron chi connectivity index (χ0n) is 17.4. The Kier molecular flexibility index (Phi) is 5.36. The Balaban J connectivity index is 1.71. The number of carbonyl (C=O) groups is 1. The molecule has 0 aliphatic rings. The topological polar surface area (TPSA) is 105 Å². The maximum absolute atomic E-state index is 12.6. The summed E-state index contributed by atoms with van der Waals surface area (Å²) >= 11 is 0. The lowest BCUT2D eigenvalue weighted by molar-refractivity contribution is 0.262. The van der Waals surface area contributed by atoms with Gasteiger partial charge in [0.05, 0.1) is 5.69 Å². The van der Waals surface area contributed by atoms with Crippen molar-refractivity contribution in [3.63, 3.8) is 0 Å². The van der Waals surface area contributed by atoms with E-state index in [1.165, 1.54) is 4.68 Å². The first kappa shape index (κ1) is 20.1. The number of carbonyl (C=O) groups excluding carboxylic acids is 1. The summed E-state index contributed by atoms with van der Waals surface area (Å²) < 4.78 is 1.42. The lowest BCUT2D eigenvalue weighted by Gasteiger charge is -2.10. The number of aromatic amines is 1. The van der Waals surface area contributed by atoms with Crippen LogP contribution in [0.15, 0.2) is 65.5 Å². The van der Waals surface area contributed by atoms with E-state index in [-0.39, 0.29) is 11.5 Å². The summed E-state index contributed by atoms with van der Waals surface area (Å²) in [5, 5.41) is 10.2. The number of aromatic nitrogens is 4. The molecule has 0 unspecified atom stereocenters. The molecule has 2 aromatic carbocycles. The van der Waals surface area contributed by atoms with E-state index in [9.17, 15) is 9.59 Å². The molecule has 0 saturated heterocycles. The fourth-order valence-corrected chi connectivity index (χ4v) is 3.03. The van der Waals surface area contributed by atoms with Gasteiger partial charge in [0, 0.05) is 28.6 Å². The number of nitrogens with one attached hydrogen (secondary N) is 3. The number of amides is 2. The monoisotopic (exact) mass is 414 g/mol. The summed E-state index contributed by atoms with van der Waals surface area (Å²) in [5.41, 5.74) is 4.13. The number of hydrogen-bond acceptors (Lipinski definition) is 4. The van der Waals surface area contributed by atoms with Crippen LogP contribution in [0.5, 0.6) is 0 Å². The van der Waals surface area contributed by atoms with Crippen LogP contribution in [0.2, 0.25) is 0 Å². The molecule has 3 N–H and O–H groups in total. The summed E-state index contributed by atoms with van der Waals surface area (Å²) in [7, 11) is 0. The van der Waals surface area contributed by atoms with Crippen molar-refractivity contribution in [2.75, 3.05) is 10.6 Å². The lowest BCUT2D eigenvalue weighted by atomic mass is 10.2. The van der Waals surface area contributed by atoms with Crippen LogP contribution < -0.4 is 16.2 Å². The highest BCUT2D eigenvalue weighted by atomic mass is 16.2. The fourth-order valence-electron chi connectivity index (χ4n) is 3.03. The Hall–Kier alpha value is -4.20. The van der Waals surface area contributed by atoms with Gasteiger partial charge in [0.1, 0.15) is 5.82 Å². The number of benzene rings is 2. The third-order valence-corrected chi connectivity index (χ3v) is 4.91. The second-order valence-electron chi connectivity index (χ2n) is 7.24. The molecule has 4 rings (SSSR count). The molecule has 0 fully saturated rings. The van der Waals surface area contributed by atoms with E-state index >= 15 is 0 Å². The molecule has 0 bridgehead atoms. The molecule has 4 aromatic rings. The molecule has 156 valence electrons. The maximum Gasteiger partial charge on any atom is 0.324 e. The fraction of sp³-hybridized carbons (Fsp3) is 0.130. The summed E-state index contributed by atoms with van der Waals surface area (Å²) in [4.78, 5) is 32.1. The zero-order chi connectivity index (χ0) is 22.0. The highest BCUT2D eigenvalue weighted by Crippen LogP contribution is 2.24. The molecule has 2 amide bonds. The van der Waals surface area contributed by atoms with Crippen LogP contribution in [0.3, 0.4) is 0 Å². The van der Waals surface area contributed by atoms with E-state index in [1.807, 2.05) is 61.5 Å². The van der Waals surface area contributed by atoms with Crippen LogP contribution in [-0.4, -0.2) is 25.8 Å². The van der Waals surface area contributed by atoms with Gasteiger partial charge >= 0.3 is 6.03 Å². The molecule has 31 heavy (non-hydrogen) atoms. The van der Waals surface area contributed by atoms with Gasteiger partial charge in [-0.3, -0.25) is 15.1 Å². The molecule has 0 aliphatic carbocycles. The van der Waals surface area contributed by atoms with Crippen molar-refractivity contribution >= 4 is 17.5 Å². The number of hydrogen-bond donors (Lipinski definition) is 3. The molecular formula is C23H22N6O2. The molecular weight excluding hydrogens is 392 g/mol. The van der Waals surface area contributed by atoms with Gasteiger partial charge < -0.3 is 5.32 Å². The van der Waals surface area contributed by atoms with Crippen LogP contribution >= 0.6 is 0 Å². The SMILES string of the molecule is Cc1ccc(NC(=O)Nc2cc(-c3ccccc3)nn2-c2nc(C)c(C)c(=O)[nH]2)cc1. The van der Waals surface area contributed by atoms with Crippen LogP contribution in [0.25, 0.3) is 17.2 Å². The Morgan fingerprint density at radius 2 is 1.68 bits per heavy atom. The normalized spacial score (nSPS) is 10.7. The quantitative estimate of drug-likeness (QED) is 0.466. The van der Waals surface area contributed by atoms with Crippen molar-refractivity contribution in [1.29, 1.82) is 0 Å². The highest BCUT2D eigenvalue weighted by molar-refractivity contribution is 5.99. The van der Waals surface area contributed by atoms with E-state index in [4.69, 9.17) is 0 Å². The predicted octanol–water partition coefficient (Wildman–Crippen LogP) is 4.19. The minimum Gasteiger partial charge on any atom is -0.308 e. The van der Waals surface area contributed by atoms with Gasteiger partial charge in [-0.2, -0.15) is 9.78 Å². The maximum atomic E-state index is 12.6. The molecule has 8 heteroatoms. The van der Waals surface area contributed by atoms with Gasteiger partial charge in [-0.1, -0.05) is 48.0 Å². The van der Waals surface area contributed by atoms with Gasteiger partial charge in [-0.25, -0.2) is 9.78 Å². The van der Waals surface area contributed by atoms with Gasteiger partial charge in [0.15, 0.2) is 0 Å². The van der Waals surface area contributed by atoms with E-state index in [1.54, 1.807) is 19.9 Å². The number of H-pyrrole nitrogens is 1. The Bertz CT molecular complexity index is 1290. The third-order valence-electron chi connectivity index (χ3n) is 4.91. The summed E-state index contributed by atoms with van der Waals surface area (Å²) in [6, 6.07) is 18.3. The van der Waals surface area contributed by atoms with Gasteiger partial charge in [-0.15, -0.1) is 0 Å². The average molecular weight is 414 g/mol. The number of nitrogens with zero attached hydrogens (tertiary/aromatic N) is 3. The first-order valence-electron chi connectivity index (χ1n) is 9.79. The number of rotatable bonds is 4. The number of aryl methyl sites for hydroxylation is 2. The molecule has 0 spiro atoms. The molecule has 0 aliphatic heterocycles. The van der Waals surface area contributed by atoms with Crippen molar-refractivity contribution in [3.05, 3.63) is 87.8 Å². The van der Waals surface area contributed by atoms with E-state index in [0.29, 0.717) is 28.5 Å². The first-order chi connectivity index (χ1) is 14.9. The molecule has 0 radical (unpaired) electrons. The molecule has 0 saturated carbocycles. The van der Waals surface area contributed by atoms with E-state index < -0.39 is 6.03 Å². The van der Waals surface area contributed by atoms with E-state index in [0.717, 1.165) is 11.1 Å². The first-order valence-corrected chi connectivity index (χ1v) is 9.79. The van der Waals surface area contributed by atoms with Crippen molar-refractivity contribution in [2.24, 2.45) is 0 Å². The Morgan fingerprint density at radius 1 is 0.968 bits per heavy atom. The molecule has 2 heterocycles. The van der Waals surface area contributed by atoms with Crippen molar-refractivity contribution in [2.45, 2.75) is 20.8 Å². The second kappa shape index (κ2) is 8.27. The van der Waals surface area contributed by atoms with E-state index in [2.05, 4.69) is 25.7 Å². The summed E-state index contributed by atoms with van der Waals surface area (Å²) in [6.45, 7) is 5.44. The number of urea groups is 1. The lowest BCUT2D eigenvalue weighted by Crippen LogP contribution is -2.23. The predicted molar refractivity (Wildman–Crippen MR) is 121 cm³/mol. The molecule has 0 atom stereocenters. The van der Waals surface area contributed by atoms with Gasteiger partial charge in [0.2, 0.25) is 5.95 Å². The third kappa shape index (κ3) is 4.37. The molecule has 2 aromatic heterocycles.